The summed E-state index contributed by atoms with van der Waals surface area (Å²) in [5.74, 6) is -0.762. The third-order valence-electron chi connectivity index (χ3n) is 5.27. The van der Waals surface area contributed by atoms with Crippen molar-refractivity contribution >= 4 is 23.0 Å². The fourth-order valence-corrected chi connectivity index (χ4v) is 5.43. The van der Waals surface area contributed by atoms with Gasteiger partial charge in [-0.25, -0.2) is 8.78 Å². The molecule has 2 aromatic heterocycles. The minimum Gasteiger partial charge on any atom is -0.369 e. The molecule has 0 bridgehead atoms. The molecule has 1 aliphatic heterocycles. The maximum Gasteiger partial charge on any atom is 0.221 e. The molecule has 0 radical (unpaired) electrons. The molecule has 1 amide bonds. The number of hydrogen-bond donors (Lipinski definition) is 1. The van der Waals surface area contributed by atoms with Crippen LogP contribution < -0.4 is 5.73 Å². The van der Waals surface area contributed by atoms with Crippen LogP contribution in [0.5, 0.6) is 0 Å². The van der Waals surface area contributed by atoms with E-state index in [9.17, 15) is 13.6 Å². The molecular formula is C19H15F2N5OS. The summed E-state index contributed by atoms with van der Waals surface area (Å²) in [6, 6.07) is 3.76. The van der Waals surface area contributed by atoms with Gasteiger partial charge < -0.3 is 5.73 Å². The molecule has 0 fully saturated rings. The number of aliphatic imine (C=N–C) groups is 1. The first kappa shape index (κ1) is 17.2. The molecule has 28 heavy (non-hydrogen) atoms. The normalized spacial score (nSPS) is 17.5. The van der Waals surface area contributed by atoms with Gasteiger partial charge in [-0.05, 0) is 37.5 Å². The number of aryl methyl sites for hydroxylation is 1. The maximum absolute atomic E-state index is 14.6. The molecule has 2 aliphatic rings. The van der Waals surface area contributed by atoms with Crippen LogP contribution in [0.4, 0.5) is 8.78 Å². The molecule has 3 heterocycles. The van der Waals surface area contributed by atoms with Crippen LogP contribution in [-0.2, 0) is 24.2 Å². The molecule has 0 spiro atoms. The number of benzene rings is 1. The van der Waals surface area contributed by atoms with Gasteiger partial charge in [0, 0.05) is 16.4 Å². The molecule has 142 valence electrons. The number of rotatable bonds is 2. The van der Waals surface area contributed by atoms with Gasteiger partial charge in [0.15, 0.2) is 5.82 Å². The molecule has 0 saturated carbocycles. The summed E-state index contributed by atoms with van der Waals surface area (Å²) in [4.78, 5) is 17.2. The highest BCUT2D eigenvalue weighted by Gasteiger charge is 2.37. The quantitative estimate of drug-likeness (QED) is 0.718. The van der Waals surface area contributed by atoms with E-state index in [4.69, 9.17) is 5.73 Å². The SMILES string of the molecule is Cc1nnc2n1-c1sc3c(c1C(c1c(F)cccc1F)=NC2)C[C@@H](C(N)=O)C3. The number of halogens is 2. The monoisotopic (exact) mass is 399 g/mol. The van der Waals surface area contributed by atoms with Crippen LogP contribution >= 0.6 is 11.3 Å². The molecule has 2 N–H and O–H groups in total. The van der Waals surface area contributed by atoms with Crippen molar-refractivity contribution in [1.82, 2.24) is 14.8 Å². The molecule has 9 heteroatoms. The largest absolute Gasteiger partial charge is 0.369 e. The molecule has 3 aromatic rings. The number of carbonyl (C=O) groups excluding carboxylic acids is 1. The summed E-state index contributed by atoms with van der Waals surface area (Å²) in [5.41, 5.74) is 7.12. The summed E-state index contributed by atoms with van der Waals surface area (Å²) in [6.45, 7) is 1.98. The van der Waals surface area contributed by atoms with Crippen molar-refractivity contribution < 1.29 is 13.6 Å². The van der Waals surface area contributed by atoms with Gasteiger partial charge in [-0.1, -0.05) is 6.07 Å². The number of nitrogens with two attached hydrogens (primary N) is 1. The first-order valence-electron chi connectivity index (χ1n) is 8.80. The molecule has 0 unspecified atom stereocenters. The molecule has 1 aromatic carbocycles. The Bertz CT molecular complexity index is 1160. The van der Waals surface area contributed by atoms with E-state index in [0.29, 0.717) is 30.1 Å². The average molecular weight is 399 g/mol. The van der Waals surface area contributed by atoms with Crippen molar-refractivity contribution in [3.63, 3.8) is 0 Å². The van der Waals surface area contributed by atoms with Crippen molar-refractivity contribution in [2.24, 2.45) is 16.6 Å². The smallest absolute Gasteiger partial charge is 0.221 e. The first-order chi connectivity index (χ1) is 13.5. The first-order valence-corrected chi connectivity index (χ1v) is 9.61. The van der Waals surface area contributed by atoms with E-state index in [2.05, 4.69) is 15.2 Å². The molecular weight excluding hydrogens is 384 g/mol. The lowest BCUT2D eigenvalue weighted by atomic mass is 9.97. The Labute approximate surface area is 162 Å². The van der Waals surface area contributed by atoms with E-state index >= 15 is 0 Å². The zero-order chi connectivity index (χ0) is 19.6. The lowest BCUT2D eigenvalue weighted by molar-refractivity contribution is -0.121. The Kier molecular flexibility index (Phi) is 3.70. The lowest BCUT2D eigenvalue weighted by Gasteiger charge is -2.12. The number of hydrogen-bond acceptors (Lipinski definition) is 5. The van der Waals surface area contributed by atoms with Gasteiger partial charge in [0.25, 0.3) is 0 Å². The molecule has 5 rings (SSSR count). The van der Waals surface area contributed by atoms with Crippen molar-refractivity contribution in [3.8, 4) is 5.00 Å². The predicted octanol–water partition coefficient (Wildman–Crippen LogP) is 2.47. The maximum atomic E-state index is 14.6. The third kappa shape index (κ3) is 2.35. The Morgan fingerprint density at radius 3 is 2.68 bits per heavy atom. The van der Waals surface area contributed by atoms with E-state index in [1.54, 1.807) is 0 Å². The number of fused-ring (bicyclic) bond motifs is 5. The van der Waals surface area contributed by atoms with E-state index in [0.717, 1.165) is 15.4 Å². The van der Waals surface area contributed by atoms with Gasteiger partial charge in [0.2, 0.25) is 5.91 Å². The van der Waals surface area contributed by atoms with Crippen molar-refractivity contribution in [1.29, 1.82) is 0 Å². The number of thiophene rings is 1. The van der Waals surface area contributed by atoms with Crippen LogP contribution in [0.15, 0.2) is 23.2 Å². The Morgan fingerprint density at radius 2 is 1.96 bits per heavy atom. The third-order valence-corrected chi connectivity index (χ3v) is 6.51. The zero-order valence-corrected chi connectivity index (χ0v) is 15.7. The summed E-state index contributed by atoms with van der Waals surface area (Å²) < 4.78 is 31.1. The second kappa shape index (κ2) is 6.03. The average Bonchev–Trinajstić information content (AvgIpc) is 3.27. The molecule has 1 aliphatic carbocycles. The molecule has 1 atom stereocenters. The number of carbonyl (C=O) groups is 1. The summed E-state index contributed by atoms with van der Waals surface area (Å²) in [6.07, 6.45) is 0.952. The van der Waals surface area contributed by atoms with Crippen molar-refractivity contribution in [2.75, 3.05) is 0 Å². The fraction of sp³-hybridized carbons (Fsp3) is 0.263. The molecule has 0 saturated heterocycles. The number of nitrogens with zero attached hydrogens (tertiary/aromatic N) is 4. The Morgan fingerprint density at radius 1 is 1.21 bits per heavy atom. The highest BCUT2D eigenvalue weighted by atomic mass is 32.1. The highest BCUT2D eigenvalue weighted by molar-refractivity contribution is 7.15. The number of amides is 1. The van der Waals surface area contributed by atoms with Gasteiger partial charge in [0.1, 0.15) is 29.0 Å². The van der Waals surface area contributed by atoms with E-state index in [1.807, 2.05) is 11.5 Å². The van der Waals surface area contributed by atoms with Crippen LogP contribution in [0, 0.1) is 24.5 Å². The summed E-state index contributed by atoms with van der Waals surface area (Å²) in [7, 11) is 0. The Balaban J connectivity index is 1.79. The topological polar surface area (TPSA) is 86.2 Å². The van der Waals surface area contributed by atoms with Gasteiger partial charge in [0.05, 0.1) is 11.3 Å². The van der Waals surface area contributed by atoms with Gasteiger partial charge in [-0.2, -0.15) is 0 Å². The standard InChI is InChI=1S/C19H15F2N5OS/c1-8-24-25-14-7-23-17(16-11(20)3-2-4-12(16)21)15-10-5-9(18(22)27)6-13(10)28-19(15)26(8)14/h2-4,9H,5-7H2,1H3,(H2,22,27)/t9-/m1/s1. The fourth-order valence-electron chi connectivity index (χ4n) is 3.95. The van der Waals surface area contributed by atoms with Crippen molar-refractivity contribution in [3.05, 3.63) is 63.0 Å². The zero-order valence-electron chi connectivity index (χ0n) is 14.9. The van der Waals surface area contributed by atoms with Crippen LogP contribution in [0.1, 0.15) is 33.2 Å². The van der Waals surface area contributed by atoms with Crippen LogP contribution in [0.3, 0.4) is 0 Å². The van der Waals surface area contributed by atoms with Crippen LogP contribution in [-0.4, -0.2) is 26.4 Å². The van der Waals surface area contributed by atoms with Gasteiger partial charge >= 0.3 is 0 Å². The van der Waals surface area contributed by atoms with Gasteiger partial charge in [-0.15, -0.1) is 21.5 Å². The van der Waals surface area contributed by atoms with Crippen molar-refractivity contribution in [2.45, 2.75) is 26.3 Å². The Hall–Kier alpha value is -2.94. The predicted molar refractivity (Wildman–Crippen MR) is 99.8 cm³/mol. The van der Waals surface area contributed by atoms with Crippen LogP contribution in [0.2, 0.25) is 0 Å². The summed E-state index contributed by atoms with van der Waals surface area (Å²) >= 11 is 1.48. The minimum atomic E-state index is -0.677. The van der Waals surface area contributed by atoms with Crippen LogP contribution in [0.25, 0.3) is 5.00 Å². The second-order valence-electron chi connectivity index (χ2n) is 6.95. The second-order valence-corrected chi connectivity index (χ2v) is 8.04. The minimum absolute atomic E-state index is 0.152. The van der Waals surface area contributed by atoms with E-state index < -0.39 is 11.6 Å². The van der Waals surface area contributed by atoms with E-state index in [-0.39, 0.29) is 29.6 Å². The van der Waals surface area contributed by atoms with Gasteiger partial charge in [-0.3, -0.25) is 14.4 Å². The summed E-state index contributed by atoms with van der Waals surface area (Å²) in [5, 5.41) is 9.07. The number of aromatic nitrogens is 3. The highest BCUT2D eigenvalue weighted by Crippen LogP contribution is 2.43. The van der Waals surface area contributed by atoms with E-state index in [1.165, 1.54) is 29.5 Å². The lowest BCUT2D eigenvalue weighted by Crippen LogP contribution is -2.23. The molecule has 6 nitrogen and oxygen atoms in total. The number of primary amides is 1.